The molecule has 3 aromatic carbocycles. The van der Waals surface area contributed by atoms with E-state index >= 15 is 0 Å². The predicted molar refractivity (Wildman–Crippen MR) is 137 cm³/mol. The summed E-state index contributed by atoms with van der Waals surface area (Å²) in [5, 5.41) is 2.48. The lowest BCUT2D eigenvalue weighted by molar-refractivity contribution is -0.137. The fraction of sp³-hybridized carbons (Fsp3) is 0.333. The zero-order valence-electron chi connectivity index (χ0n) is 20.4. The van der Waals surface area contributed by atoms with Gasteiger partial charge in [0.05, 0.1) is 6.04 Å². The Bertz CT molecular complexity index is 1290. The van der Waals surface area contributed by atoms with Crippen molar-refractivity contribution in [1.82, 2.24) is 15.1 Å². The van der Waals surface area contributed by atoms with E-state index in [1.54, 1.807) is 0 Å². The number of rotatable bonds is 6. The van der Waals surface area contributed by atoms with E-state index in [-0.39, 0.29) is 17.9 Å². The molecule has 1 fully saturated rings. The van der Waals surface area contributed by atoms with Gasteiger partial charge in [-0.05, 0) is 46.7 Å². The van der Waals surface area contributed by atoms with Gasteiger partial charge in [-0.15, -0.1) is 0 Å². The Balaban J connectivity index is 1.06. The third-order valence-electron chi connectivity index (χ3n) is 7.65. The minimum Gasteiger partial charge on any atom is -0.489 e. The highest BCUT2D eigenvalue weighted by Gasteiger charge is 2.35. The van der Waals surface area contributed by atoms with Crippen molar-refractivity contribution in [1.29, 1.82) is 0 Å². The first-order valence-corrected chi connectivity index (χ1v) is 12.8. The average Bonchev–Trinajstić information content (AvgIpc) is 3.33. The van der Waals surface area contributed by atoms with Crippen LogP contribution in [0.5, 0.6) is 5.75 Å². The van der Waals surface area contributed by atoms with E-state index in [2.05, 4.69) is 69.7 Å². The van der Waals surface area contributed by atoms with E-state index in [0.717, 1.165) is 42.9 Å². The number of benzene rings is 3. The summed E-state index contributed by atoms with van der Waals surface area (Å²) in [6.07, 6.45) is 2.09. The summed E-state index contributed by atoms with van der Waals surface area (Å²) in [5.74, 6) is 0.512. The zero-order valence-corrected chi connectivity index (χ0v) is 20.4. The number of ether oxygens (including phenoxy) is 1. The van der Waals surface area contributed by atoms with Gasteiger partial charge in [0, 0.05) is 44.7 Å². The first kappa shape index (κ1) is 23.0. The quantitative estimate of drug-likeness (QED) is 0.541. The van der Waals surface area contributed by atoms with E-state index in [1.807, 2.05) is 12.1 Å². The van der Waals surface area contributed by atoms with Gasteiger partial charge in [-0.25, -0.2) is 0 Å². The molecule has 0 aliphatic carbocycles. The molecule has 0 aromatic heterocycles. The number of amides is 2. The van der Waals surface area contributed by atoms with Crippen molar-refractivity contribution in [2.45, 2.75) is 58.1 Å². The summed E-state index contributed by atoms with van der Waals surface area (Å²) < 4.78 is 6.25. The summed E-state index contributed by atoms with van der Waals surface area (Å²) in [7, 11) is 0. The highest BCUT2D eigenvalue weighted by atomic mass is 16.5. The maximum atomic E-state index is 12.3. The lowest BCUT2D eigenvalue weighted by atomic mass is 9.99. The Morgan fingerprint density at radius 2 is 1.58 bits per heavy atom. The standard InChI is InChI=1S/C30H31N3O3/c34-29-13-12-27(30(35)31-29)33-18-25-6-3-7-28(26(25)19-33)36-20-22-10-8-21(9-11-22)16-32-15-14-23-4-1-2-5-24(23)17-32/h1-11,27H,12-20H2,(H,31,34,35). The van der Waals surface area contributed by atoms with E-state index in [0.29, 0.717) is 32.5 Å². The van der Waals surface area contributed by atoms with Crippen LogP contribution in [0.15, 0.2) is 66.7 Å². The van der Waals surface area contributed by atoms with E-state index in [9.17, 15) is 9.59 Å². The number of fused-ring (bicyclic) bond motifs is 2. The van der Waals surface area contributed by atoms with Gasteiger partial charge in [0.2, 0.25) is 11.8 Å². The van der Waals surface area contributed by atoms with Crippen molar-refractivity contribution >= 4 is 11.8 Å². The third kappa shape index (κ3) is 4.79. The van der Waals surface area contributed by atoms with Gasteiger partial charge in [0.15, 0.2) is 0 Å². The molecule has 0 radical (unpaired) electrons. The molecule has 0 bridgehead atoms. The molecule has 1 unspecified atom stereocenters. The minimum absolute atomic E-state index is 0.177. The second kappa shape index (κ2) is 9.88. The van der Waals surface area contributed by atoms with E-state index in [4.69, 9.17) is 4.74 Å². The molecule has 3 aliphatic rings. The molecule has 1 saturated heterocycles. The monoisotopic (exact) mass is 481 g/mol. The fourth-order valence-electron chi connectivity index (χ4n) is 5.65. The smallest absolute Gasteiger partial charge is 0.243 e. The largest absolute Gasteiger partial charge is 0.489 e. The highest BCUT2D eigenvalue weighted by Crippen LogP contribution is 2.34. The Morgan fingerprint density at radius 1 is 0.806 bits per heavy atom. The number of carbonyl (C=O) groups is 2. The van der Waals surface area contributed by atoms with Crippen molar-refractivity contribution in [2.24, 2.45) is 0 Å². The zero-order chi connectivity index (χ0) is 24.5. The van der Waals surface area contributed by atoms with Gasteiger partial charge in [-0.1, -0.05) is 60.7 Å². The van der Waals surface area contributed by atoms with Crippen LogP contribution >= 0.6 is 0 Å². The molecule has 184 valence electrons. The second-order valence-corrected chi connectivity index (χ2v) is 10.1. The summed E-state index contributed by atoms with van der Waals surface area (Å²) >= 11 is 0. The van der Waals surface area contributed by atoms with E-state index in [1.165, 1.54) is 22.3 Å². The van der Waals surface area contributed by atoms with Crippen molar-refractivity contribution in [3.05, 3.63) is 100 Å². The summed E-state index contributed by atoms with van der Waals surface area (Å²) in [5.41, 5.74) is 7.72. The molecule has 2 amide bonds. The van der Waals surface area contributed by atoms with Crippen molar-refractivity contribution in [3.63, 3.8) is 0 Å². The molecule has 0 spiro atoms. The molecule has 6 nitrogen and oxygen atoms in total. The third-order valence-corrected chi connectivity index (χ3v) is 7.65. The molecule has 0 saturated carbocycles. The molecule has 1 N–H and O–H groups in total. The van der Waals surface area contributed by atoms with Crippen LogP contribution < -0.4 is 10.1 Å². The van der Waals surface area contributed by atoms with Crippen LogP contribution in [0.2, 0.25) is 0 Å². The normalized spacial score (nSPS) is 20.1. The maximum absolute atomic E-state index is 12.3. The van der Waals surface area contributed by atoms with Crippen LogP contribution in [-0.4, -0.2) is 34.2 Å². The fourth-order valence-corrected chi connectivity index (χ4v) is 5.65. The molecule has 36 heavy (non-hydrogen) atoms. The number of piperidine rings is 1. The summed E-state index contributed by atoms with van der Waals surface area (Å²) in [6, 6.07) is 23.3. The number of carbonyl (C=O) groups excluding carboxylic acids is 2. The Labute approximate surface area is 211 Å². The Kier molecular flexibility index (Phi) is 6.30. The second-order valence-electron chi connectivity index (χ2n) is 10.1. The molecule has 6 heteroatoms. The summed E-state index contributed by atoms with van der Waals surface area (Å²) in [4.78, 5) is 28.5. The van der Waals surface area contributed by atoms with Crippen LogP contribution in [0.25, 0.3) is 0 Å². The van der Waals surface area contributed by atoms with Crippen molar-refractivity contribution in [2.75, 3.05) is 6.54 Å². The first-order valence-electron chi connectivity index (χ1n) is 12.8. The molecular formula is C30H31N3O3. The van der Waals surface area contributed by atoms with Crippen LogP contribution in [-0.2, 0) is 48.8 Å². The number of hydrogen-bond acceptors (Lipinski definition) is 5. The van der Waals surface area contributed by atoms with Gasteiger partial charge in [0.1, 0.15) is 12.4 Å². The Hall–Kier alpha value is -3.48. The SMILES string of the molecule is O=C1CCC(N2Cc3cccc(OCc4ccc(CN5CCc6ccccc6C5)cc4)c3C2)C(=O)N1. The number of imide groups is 1. The Morgan fingerprint density at radius 3 is 2.42 bits per heavy atom. The van der Waals surface area contributed by atoms with Gasteiger partial charge in [-0.2, -0.15) is 0 Å². The van der Waals surface area contributed by atoms with E-state index < -0.39 is 0 Å². The van der Waals surface area contributed by atoms with Gasteiger partial charge >= 0.3 is 0 Å². The first-order chi connectivity index (χ1) is 17.6. The van der Waals surface area contributed by atoms with Crippen LogP contribution in [0.4, 0.5) is 0 Å². The molecule has 3 aliphatic heterocycles. The average molecular weight is 482 g/mol. The van der Waals surface area contributed by atoms with Gasteiger partial charge in [0.25, 0.3) is 0 Å². The molecule has 3 heterocycles. The highest BCUT2D eigenvalue weighted by molar-refractivity contribution is 6.00. The van der Waals surface area contributed by atoms with Crippen LogP contribution in [0.3, 0.4) is 0 Å². The van der Waals surface area contributed by atoms with Gasteiger partial charge in [-0.3, -0.25) is 24.7 Å². The maximum Gasteiger partial charge on any atom is 0.243 e. The molecule has 1 atom stereocenters. The molecule has 6 rings (SSSR count). The van der Waals surface area contributed by atoms with Crippen LogP contribution in [0, 0.1) is 0 Å². The lowest BCUT2D eigenvalue weighted by Crippen LogP contribution is -2.50. The number of nitrogens with zero attached hydrogens (tertiary/aromatic N) is 2. The molecule has 3 aromatic rings. The minimum atomic E-state index is -0.260. The lowest BCUT2D eigenvalue weighted by Gasteiger charge is -2.29. The van der Waals surface area contributed by atoms with Gasteiger partial charge < -0.3 is 4.74 Å². The topological polar surface area (TPSA) is 61.9 Å². The van der Waals surface area contributed by atoms with Crippen molar-refractivity contribution in [3.8, 4) is 5.75 Å². The number of nitrogens with one attached hydrogen (secondary N) is 1. The predicted octanol–water partition coefficient (Wildman–Crippen LogP) is 3.94. The van der Waals surface area contributed by atoms with Crippen molar-refractivity contribution < 1.29 is 14.3 Å². The van der Waals surface area contributed by atoms with Crippen LogP contribution in [0.1, 0.15) is 46.2 Å². The summed E-state index contributed by atoms with van der Waals surface area (Å²) in [6.45, 7) is 4.93. The molecular weight excluding hydrogens is 450 g/mol. The number of hydrogen-bond donors (Lipinski definition) is 1.